The van der Waals surface area contributed by atoms with Gasteiger partial charge < -0.3 is 15.7 Å². The fraction of sp³-hybridized carbons (Fsp3) is 0.579. The lowest BCUT2D eigenvalue weighted by Gasteiger charge is -2.30. The molecule has 0 saturated heterocycles. The zero-order chi connectivity index (χ0) is 17.2. The van der Waals surface area contributed by atoms with Crippen molar-refractivity contribution >= 4 is 17.5 Å². The quantitative estimate of drug-likeness (QED) is 0.748. The maximum Gasteiger partial charge on any atom is 0.227 e. The topological polar surface area (TPSA) is 78.4 Å². The molecule has 1 aromatic rings. The third-order valence-electron chi connectivity index (χ3n) is 5.31. The first kappa shape index (κ1) is 17.0. The van der Waals surface area contributed by atoms with E-state index in [1.54, 1.807) is 0 Å². The Morgan fingerprint density at radius 1 is 1.21 bits per heavy atom. The van der Waals surface area contributed by atoms with Gasteiger partial charge in [0.05, 0.1) is 13.0 Å². The summed E-state index contributed by atoms with van der Waals surface area (Å²) >= 11 is 0. The van der Waals surface area contributed by atoms with Gasteiger partial charge in [-0.15, -0.1) is 0 Å². The summed E-state index contributed by atoms with van der Waals surface area (Å²) in [5.41, 5.74) is 1.49. The van der Waals surface area contributed by atoms with Crippen LogP contribution in [-0.2, 0) is 16.0 Å². The molecular weight excluding hydrogens is 304 g/mol. The summed E-state index contributed by atoms with van der Waals surface area (Å²) in [6.07, 6.45) is 5.20. The molecule has 0 spiro atoms. The van der Waals surface area contributed by atoms with Crippen LogP contribution in [0.2, 0.25) is 0 Å². The molecule has 130 valence electrons. The number of aliphatic hydroxyl groups is 1. The van der Waals surface area contributed by atoms with Gasteiger partial charge in [-0.3, -0.25) is 9.59 Å². The molecule has 0 bridgehead atoms. The van der Waals surface area contributed by atoms with Crippen molar-refractivity contribution in [2.24, 2.45) is 11.3 Å². The molecule has 0 aliphatic heterocycles. The number of hydrogen-bond acceptors (Lipinski definition) is 3. The van der Waals surface area contributed by atoms with Gasteiger partial charge in [0.1, 0.15) is 0 Å². The van der Waals surface area contributed by atoms with Crippen molar-refractivity contribution in [1.29, 1.82) is 0 Å². The maximum atomic E-state index is 12.3. The van der Waals surface area contributed by atoms with E-state index in [1.165, 1.54) is 0 Å². The van der Waals surface area contributed by atoms with Gasteiger partial charge in [0, 0.05) is 23.1 Å². The molecule has 2 fully saturated rings. The predicted molar refractivity (Wildman–Crippen MR) is 92.5 cm³/mol. The number of aliphatic hydroxyl groups excluding tert-OH is 1. The minimum Gasteiger partial charge on any atom is -0.396 e. The fourth-order valence-corrected chi connectivity index (χ4v) is 3.39. The second-order valence-corrected chi connectivity index (χ2v) is 7.46. The van der Waals surface area contributed by atoms with Crippen molar-refractivity contribution in [3.63, 3.8) is 0 Å². The Morgan fingerprint density at radius 3 is 2.54 bits per heavy atom. The lowest BCUT2D eigenvalue weighted by Crippen LogP contribution is -2.45. The van der Waals surface area contributed by atoms with E-state index in [0.29, 0.717) is 6.42 Å². The molecule has 2 aliphatic carbocycles. The molecule has 1 aromatic carbocycles. The minimum absolute atomic E-state index is 0.0173. The van der Waals surface area contributed by atoms with E-state index in [9.17, 15) is 14.7 Å². The third kappa shape index (κ3) is 3.96. The molecule has 2 atom stereocenters. The summed E-state index contributed by atoms with van der Waals surface area (Å²) in [5, 5.41) is 15.5. The van der Waals surface area contributed by atoms with Crippen molar-refractivity contribution in [1.82, 2.24) is 5.32 Å². The van der Waals surface area contributed by atoms with Crippen LogP contribution in [0.4, 0.5) is 5.69 Å². The second-order valence-electron chi connectivity index (χ2n) is 7.46. The second kappa shape index (κ2) is 6.93. The van der Waals surface area contributed by atoms with Crippen LogP contribution < -0.4 is 10.6 Å². The van der Waals surface area contributed by atoms with Gasteiger partial charge in [-0.25, -0.2) is 0 Å². The summed E-state index contributed by atoms with van der Waals surface area (Å²) < 4.78 is 0. The third-order valence-corrected chi connectivity index (χ3v) is 5.31. The normalized spacial score (nSPS) is 26.2. The predicted octanol–water partition coefficient (Wildman–Crippen LogP) is 2.24. The van der Waals surface area contributed by atoms with Gasteiger partial charge in [-0.05, 0) is 43.4 Å². The Labute approximate surface area is 142 Å². The summed E-state index contributed by atoms with van der Waals surface area (Å²) in [6, 6.07) is 7.49. The number of benzene rings is 1. The number of nitrogens with one attached hydrogen (secondary N) is 2. The Bertz CT molecular complexity index is 610. The van der Waals surface area contributed by atoms with Crippen LogP contribution in [-0.4, -0.2) is 29.6 Å². The minimum atomic E-state index is -0.202. The number of rotatable bonds is 6. The van der Waals surface area contributed by atoms with E-state index in [0.717, 1.165) is 43.4 Å². The number of anilines is 1. The molecule has 3 N–H and O–H groups in total. The monoisotopic (exact) mass is 330 g/mol. The molecule has 2 saturated carbocycles. The van der Waals surface area contributed by atoms with Gasteiger partial charge in [-0.2, -0.15) is 0 Å². The lowest BCUT2D eigenvalue weighted by atomic mass is 9.85. The molecule has 2 amide bonds. The fourth-order valence-electron chi connectivity index (χ4n) is 3.39. The van der Waals surface area contributed by atoms with E-state index in [4.69, 9.17) is 0 Å². The zero-order valence-electron chi connectivity index (χ0n) is 14.2. The Hall–Kier alpha value is -1.88. The Kier molecular flexibility index (Phi) is 4.90. The van der Waals surface area contributed by atoms with E-state index in [2.05, 4.69) is 10.6 Å². The van der Waals surface area contributed by atoms with Crippen molar-refractivity contribution in [2.45, 2.75) is 51.5 Å². The summed E-state index contributed by atoms with van der Waals surface area (Å²) in [7, 11) is 0. The Balaban J connectivity index is 1.51. The van der Waals surface area contributed by atoms with Crippen LogP contribution in [0.15, 0.2) is 24.3 Å². The van der Waals surface area contributed by atoms with Crippen molar-refractivity contribution in [2.75, 3.05) is 11.9 Å². The average molecular weight is 330 g/mol. The van der Waals surface area contributed by atoms with Gasteiger partial charge in [0.25, 0.3) is 0 Å². The van der Waals surface area contributed by atoms with Crippen molar-refractivity contribution < 1.29 is 14.7 Å². The molecule has 2 aliphatic rings. The zero-order valence-corrected chi connectivity index (χ0v) is 14.2. The highest BCUT2D eigenvalue weighted by Gasteiger charge is 2.38. The summed E-state index contributed by atoms with van der Waals surface area (Å²) in [4.78, 5) is 24.0. The summed E-state index contributed by atoms with van der Waals surface area (Å²) in [5.74, 6) is 0.254. The van der Waals surface area contributed by atoms with Crippen LogP contribution in [0.3, 0.4) is 0 Å². The van der Waals surface area contributed by atoms with Crippen molar-refractivity contribution in [3.05, 3.63) is 29.8 Å². The molecule has 5 heteroatoms. The lowest BCUT2D eigenvalue weighted by molar-refractivity contribution is -0.122. The highest BCUT2D eigenvalue weighted by molar-refractivity contribution is 5.94. The largest absolute Gasteiger partial charge is 0.396 e. The molecule has 24 heavy (non-hydrogen) atoms. The van der Waals surface area contributed by atoms with Crippen LogP contribution in [0.25, 0.3) is 0 Å². The van der Waals surface area contributed by atoms with E-state index in [-0.39, 0.29) is 35.8 Å². The average Bonchev–Trinajstić information content (AvgIpc) is 3.35. The Morgan fingerprint density at radius 2 is 1.92 bits per heavy atom. The van der Waals surface area contributed by atoms with Gasteiger partial charge in [0.2, 0.25) is 11.8 Å². The standard InChI is InChI=1S/C19H26N2O3/c1-19(12-22)10-2-3-16(19)21-17(23)11-13-4-8-15(9-5-13)20-18(24)14-6-7-14/h4-5,8-9,14,16,22H,2-3,6-7,10-12H2,1H3,(H,20,24)(H,21,23). The maximum absolute atomic E-state index is 12.3. The van der Waals surface area contributed by atoms with Gasteiger partial charge >= 0.3 is 0 Å². The number of carbonyl (C=O) groups is 2. The number of hydrogen-bond donors (Lipinski definition) is 3. The number of amides is 2. The van der Waals surface area contributed by atoms with Crippen molar-refractivity contribution in [3.8, 4) is 0 Å². The first-order valence-corrected chi connectivity index (χ1v) is 8.80. The smallest absolute Gasteiger partial charge is 0.227 e. The molecule has 2 unspecified atom stereocenters. The molecule has 0 radical (unpaired) electrons. The van der Waals surface area contributed by atoms with Crippen LogP contribution >= 0.6 is 0 Å². The molecule has 0 aromatic heterocycles. The number of carbonyl (C=O) groups excluding carboxylic acids is 2. The summed E-state index contributed by atoms with van der Waals surface area (Å²) in [6.45, 7) is 2.13. The van der Waals surface area contributed by atoms with Crippen LogP contribution in [0.1, 0.15) is 44.6 Å². The van der Waals surface area contributed by atoms with Gasteiger partial charge in [-0.1, -0.05) is 25.5 Å². The van der Waals surface area contributed by atoms with E-state index < -0.39 is 0 Å². The van der Waals surface area contributed by atoms with Gasteiger partial charge in [0.15, 0.2) is 0 Å². The first-order valence-electron chi connectivity index (χ1n) is 8.80. The first-order chi connectivity index (χ1) is 11.5. The SMILES string of the molecule is CC1(CO)CCCC1NC(=O)Cc1ccc(NC(=O)C2CC2)cc1. The van der Waals surface area contributed by atoms with Crippen LogP contribution in [0.5, 0.6) is 0 Å². The van der Waals surface area contributed by atoms with E-state index >= 15 is 0 Å². The highest BCUT2D eigenvalue weighted by Crippen LogP contribution is 2.37. The molecule has 3 rings (SSSR count). The molecule has 5 nitrogen and oxygen atoms in total. The van der Waals surface area contributed by atoms with E-state index in [1.807, 2.05) is 31.2 Å². The molecule has 0 heterocycles. The van der Waals surface area contributed by atoms with Crippen LogP contribution in [0, 0.1) is 11.3 Å². The highest BCUT2D eigenvalue weighted by atomic mass is 16.3. The molecular formula is C19H26N2O3.